The van der Waals surface area contributed by atoms with Crippen LogP contribution in [0, 0.1) is 5.39 Å². The highest BCUT2D eigenvalue weighted by molar-refractivity contribution is 9.10. The molecule has 0 bridgehead atoms. The van der Waals surface area contributed by atoms with Gasteiger partial charge >= 0.3 is 5.69 Å². The summed E-state index contributed by atoms with van der Waals surface area (Å²) in [6.07, 6.45) is 0. The van der Waals surface area contributed by atoms with Crippen molar-refractivity contribution in [2.24, 2.45) is 0 Å². The van der Waals surface area contributed by atoms with E-state index in [9.17, 15) is 0 Å². The molecule has 0 saturated carbocycles. The number of nitrogens with zero attached hydrogens (tertiary/aromatic N) is 2. The summed E-state index contributed by atoms with van der Waals surface area (Å²) in [5, 5.41) is 9.21. The summed E-state index contributed by atoms with van der Waals surface area (Å²) < 4.78 is 0.677. The van der Waals surface area contributed by atoms with Crippen molar-refractivity contribution in [2.75, 3.05) is 0 Å². The summed E-state index contributed by atoms with van der Waals surface area (Å²) >= 11 is 14.5. The van der Waals surface area contributed by atoms with Gasteiger partial charge in [0.05, 0.1) is 11.1 Å². The normalized spacial score (nSPS) is 8.50. The fourth-order valence-electron chi connectivity index (χ4n) is 0.589. The van der Waals surface area contributed by atoms with E-state index in [1.807, 2.05) is 0 Å². The first-order chi connectivity index (χ1) is 5.15. The second-order valence-electron chi connectivity index (χ2n) is 1.82. The van der Waals surface area contributed by atoms with Gasteiger partial charge in [0.25, 0.3) is 0 Å². The minimum Gasteiger partial charge on any atom is -1.00 e. The van der Waals surface area contributed by atoms with Gasteiger partial charge in [-0.2, -0.15) is 0 Å². The molecule has 0 radical (unpaired) electrons. The molecule has 0 saturated heterocycles. The molecule has 0 heterocycles. The van der Waals surface area contributed by atoms with E-state index in [4.69, 9.17) is 28.6 Å². The summed E-state index contributed by atoms with van der Waals surface area (Å²) in [7, 11) is 0. The summed E-state index contributed by atoms with van der Waals surface area (Å²) in [5.74, 6) is 0. The van der Waals surface area contributed by atoms with E-state index in [2.05, 4.69) is 20.9 Å². The van der Waals surface area contributed by atoms with Crippen LogP contribution in [0.1, 0.15) is 0 Å². The molecule has 6 heteroatoms. The molecule has 1 aromatic rings. The van der Waals surface area contributed by atoms with Gasteiger partial charge in [0, 0.05) is 4.47 Å². The maximum Gasteiger partial charge on any atom is 0.404 e. The summed E-state index contributed by atoms with van der Waals surface area (Å²) in [4.78, 5) is 2.93. The van der Waals surface area contributed by atoms with E-state index in [0.29, 0.717) is 14.5 Å². The van der Waals surface area contributed by atoms with E-state index >= 15 is 0 Å². The number of hydrogen-bond donors (Lipinski definition) is 0. The molecule has 0 unspecified atom stereocenters. The molecule has 0 fully saturated rings. The molecule has 0 N–H and O–H groups in total. The largest absolute Gasteiger partial charge is 1.00 e. The fraction of sp³-hybridized carbons (Fsp3) is 0. The van der Waals surface area contributed by atoms with Crippen LogP contribution in [0.3, 0.4) is 0 Å². The Balaban J connectivity index is 0.00000121. The fourth-order valence-corrected chi connectivity index (χ4v) is 1.42. The Morgan fingerprint density at radius 1 is 1.25 bits per heavy atom. The molecule has 0 atom stereocenters. The molecule has 2 nitrogen and oxygen atoms in total. The minimum absolute atomic E-state index is 0. The standard InChI is InChI=1S/C6H2BrCl2N2.ClH/c7-3-1-5(9)6(11-10)2-4(3)8;/h1-2H;1H/q+1;/p-1. The zero-order valence-electron chi connectivity index (χ0n) is 5.56. The number of hydrogen-bond acceptors (Lipinski definition) is 1. The number of benzene rings is 1. The first-order valence-electron chi connectivity index (χ1n) is 2.65. The Bertz CT molecular complexity index is 334. The molecule has 1 rings (SSSR count). The van der Waals surface area contributed by atoms with Gasteiger partial charge in [-0.15, -0.1) is 0 Å². The van der Waals surface area contributed by atoms with Crippen LogP contribution in [0.5, 0.6) is 0 Å². The second-order valence-corrected chi connectivity index (χ2v) is 3.49. The topological polar surface area (TPSA) is 28.1 Å². The maximum absolute atomic E-state index is 8.40. The zero-order chi connectivity index (χ0) is 8.43. The lowest BCUT2D eigenvalue weighted by atomic mass is 10.3. The predicted molar refractivity (Wildman–Crippen MR) is 48.9 cm³/mol. The van der Waals surface area contributed by atoms with Crippen molar-refractivity contribution in [3.63, 3.8) is 0 Å². The van der Waals surface area contributed by atoms with Crippen LogP contribution in [0.15, 0.2) is 16.6 Å². The average molecular weight is 288 g/mol. The van der Waals surface area contributed by atoms with Crippen LogP contribution >= 0.6 is 39.1 Å². The number of diazo groups is 1. The van der Waals surface area contributed by atoms with E-state index < -0.39 is 0 Å². The van der Waals surface area contributed by atoms with Gasteiger partial charge in [0.15, 0.2) is 4.98 Å². The molecule has 0 aliphatic rings. The van der Waals surface area contributed by atoms with Gasteiger partial charge in [-0.3, -0.25) is 0 Å². The minimum atomic E-state index is 0. The Kier molecular flexibility index (Phi) is 4.88. The van der Waals surface area contributed by atoms with E-state index in [0.717, 1.165) is 0 Å². The first kappa shape index (κ1) is 12.0. The molecule has 1 aromatic carbocycles. The highest BCUT2D eigenvalue weighted by Gasteiger charge is 2.14. The Hall–Kier alpha value is -0.0100. The van der Waals surface area contributed by atoms with Gasteiger partial charge in [0.2, 0.25) is 5.39 Å². The van der Waals surface area contributed by atoms with Crippen LogP contribution in [-0.2, 0) is 0 Å². The third-order valence-electron chi connectivity index (χ3n) is 1.10. The molecular weight excluding hydrogens is 286 g/mol. The van der Waals surface area contributed by atoms with Crippen molar-refractivity contribution in [3.8, 4) is 0 Å². The third-order valence-corrected chi connectivity index (χ3v) is 2.60. The lowest BCUT2D eigenvalue weighted by Gasteiger charge is -1.91. The maximum atomic E-state index is 8.40. The average Bonchev–Trinajstić information content (AvgIpc) is 1.97. The SMILES string of the molecule is N#[N+]c1cc(Cl)c(Br)cc1Cl.[Cl-]. The summed E-state index contributed by atoms with van der Waals surface area (Å²) in [5.41, 5.74) is 0.264. The molecular formula is C6H2BrCl3N2. The van der Waals surface area contributed by atoms with E-state index in [-0.39, 0.29) is 18.1 Å². The predicted octanol–water partition coefficient (Wildman–Crippen LogP) is 1.24. The Labute approximate surface area is 94.0 Å². The Morgan fingerprint density at radius 3 is 2.33 bits per heavy atom. The van der Waals surface area contributed by atoms with Crippen molar-refractivity contribution >= 4 is 44.8 Å². The smallest absolute Gasteiger partial charge is 0.404 e. The summed E-state index contributed by atoms with van der Waals surface area (Å²) in [6.45, 7) is 0. The van der Waals surface area contributed by atoms with Crippen molar-refractivity contribution < 1.29 is 12.4 Å². The lowest BCUT2D eigenvalue weighted by molar-refractivity contribution is -0.00000214. The van der Waals surface area contributed by atoms with Crippen LogP contribution in [-0.4, -0.2) is 0 Å². The van der Waals surface area contributed by atoms with Gasteiger partial charge in [-0.25, -0.2) is 0 Å². The van der Waals surface area contributed by atoms with Crippen molar-refractivity contribution in [3.05, 3.63) is 31.6 Å². The molecule has 64 valence electrons. The van der Waals surface area contributed by atoms with Crippen LogP contribution in [0.4, 0.5) is 5.69 Å². The quantitative estimate of drug-likeness (QED) is 0.521. The molecule has 0 aliphatic carbocycles. The van der Waals surface area contributed by atoms with Gasteiger partial charge in [-0.05, 0) is 22.0 Å². The number of rotatable bonds is 0. The van der Waals surface area contributed by atoms with E-state index in [1.165, 1.54) is 6.07 Å². The van der Waals surface area contributed by atoms with Crippen LogP contribution in [0.2, 0.25) is 10.0 Å². The molecule has 0 aromatic heterocycles. The van der Waals surface area contributed by atoms with Crippen LogP contribution < -0.4 is 12.4 Å². The van der Waals surface area contributed by atoms with E-state index in [1.54, 1.807) is 6.07 Å². The van der Waals surface area contributed by atoms with Crippen molar-refractivity contribution in [2.45, 2.75) is 0 Å². The number of halogens is 4. The molecule has 0 aliphatic heterocycles. The zero-order valence-corrected chi connectivity index (χ0v) is 9.41. The first-order valence-corrected chi connectivity index (χ1v) is 4.19. The van der Waals surface area contributed by atoms with Crippen molar-refractivity contribution in [1.82, 2.24) is 0 Å². The van der Waals surface area contributed by atoms with Gasteiger partial charge in [0.1, 0.15) is 5.02 Å². The lowest BCUT2D eigenvalue weighted by Crippen LogP contribution is -3.00. The van der Waals surface area contributed by atoms with Gasteiger partial charge in [-0.1, -0.05) is 23.2 Å². The Morgan fingerprint density at radius 2 is 1.83 bits per heavy atom. The second kappa shape index (κ2) is 4.88. The third kappa shape index (κ3) is 2.49. The monoisotopic (exact) mass is 286 g/mol. The summed E-state index contributed by atoms with van der Waals surface area (Å²) in [6, 6.07) is 3.03. The molecule has 0 amide bonds. The van der Waals surface area contributed by atoms with Gasteiger partial charge < -0.3 is 12.4 Å². The van der Waals surface area contributed by atoms with Crippen molar-refractivity contribution in [1.29, 1.82) is 5.39 Å². The molecule has 0 spiro atoms. The highest BCUT2D eigenvalue weighted by Crippen LogP contribution is 2.33. The highest BCUT2D eigenvalue weighted by atomic mass is 79.9. The van der Waals surface area contributed by atoms with Crippen LogP contribution in [0.25, 0.3) is 4.98 Å². The molecule has 12 heavy (non-hydrogen) atoms.